The Hall–Kier alpha value is -2.37. The molecule has 0 bridgehead atoms. The Kier molecular flexibility index (Phi) is 3.79. The number of aryl methyl sites for hydroxylation is 1. The molecule has 1 aromatic heterocycles. The number of aromatic nitrogens is 3. The maximum absolute atomic E-state index is 11.5. The quantitative estimate of drug-likeness (QED) is 0.784. The summed E-state index contributed by atoms with van der Waals surface area (Å²) in [4.78, 5) is 11.5. The van der Waals surface area contributed by atoms with Crippen molar-refractivity contribution in [2.45, 2.75) is 13.8 Å². The lowest BCUT2D eigenvalue weighted by Crippen LogP contribution is -2.04. The van der Waals surface area contributed by atoms with E-state index >= 15 is 0 Å². The van der Waals surface area contributed by atoms with Crippen molar-refractivity contribution in [2.24, 2.45) is 0 Å². The molecule has 6 heteroatoms. The molecule has 2 rings (SSSR count). The Balaban J connectivity index is 2.30. The molecule has 0 saturated carbocycles. The lowest BCUT2D eigenvalue weighted by atomic mass is 10.2. The largest absolute Gasteiger partial charge is 0.497 e. The molecule has 0 N–H and O–H groups in total. The second-order valence-electron chi connectivity index (χ2n) is 3.92. The molecule has 2 aromatic rings. The average Bonchev–Trinajstić information content (AvgIpc) is 2.88. The van der Waals surface area contributed by atoms with E-state index < -0.39 is 5.97 Å². The molecule has 1 aromatic carbocycles. The number of rotatable bonds is 4. The van der Waals surface area contributed by atoms with Crippen molar-refractivity contribution >= 4 is 5.97 Å². The molecular formula is C13H15N3O3. The van der Waals surface area contributed by atoms with Crippen molar-refractivity contribution in [3.63, 3.8) is 0 Å². The Bertz CT molecular complexity index is 593. The van der Waals surface area contributed by atoms with E-state index in [1.54, 1.807) is 24.9 Å². The van der Waals surface area contributed by atoms with Crippen molar-refractivity contribution < 1.29 is 14.3 Å². The van der Waals surface area contributed by atoms with Gasteiger partial charge in [0.1, 0.15) is 5.75 Å². The van der Waals surface area contributed by atoms with Crippen LogP contribution in [0.4, 0.5) is 0 Å². The molecule has 19 heavy (non-hydrogen) atoms. The van der Waals surface area contributed by atoms with Crippen LogP contribution in [-0.4, -0.2) is 34.7 Å². The Morgan fingerprint density at radius 3 is 2.84 bits per heavy atom. The molecule has 0 aliphatic heterocycles. The summed E-state index contributed by atoms with van der Waals surface area (Å²) in [7, 11) is 1.61. The lowest BCUT2D eigenvalue weighted by molar-refractivity contribution is 0.0519. The number of carbonyl (C=O) groups is 1. The Labute approximate surface area is 110 Å². The fraction of sp³-hybridized carbons (Fsp3) is 0.308. The van der Waals surface area contributed by atoms with E-state index in [-0.39, 0.29) is 5.69 Å². The molecule has 0 spiro atoms. The van der Waals surface area contributed by atoms with Crippen molar-refractivity contribution in [1.82, 2.24) is 15.0 Å². The summed E-state index contributed by atoms with van der Waals surface area (Å²) < 4.78 is 11.6. The first-order chi connectivity index (χ1) is 9.15. The van der Waals surface area contributed by atoms with Crippen molar-refractivity contribution in [3.8, 4) is 11.4 Å². The van der Waals surface area contributed by atoms with E-state index in [1.807, 2.05) is 25.1 Å². The van der Waals surface area contributed by atoms with Crippen molar-refractivity contribution in [1.29, 1.82) is 0 Å². The highest BCUT2D eigenvalue weighted by Crippen LogP contribution is 2.19. The van der Waals surface area contributed by atoms with Crippen LogP contribution >= 0.6 is 0 Å². The minimum absolute atomic E-state index is 0.192. The zero-order chi connectivity index (χ0) is 13.8. The Morgan fingerprint density at radius 1 is 1.42 bits per heavy atom. The third-order valence-electron chi connectivity index (χ3n) is 2.63. The number of hydrogen-bond acceptors (Lipinski definition) is 5. The number of benzene rings is 1. The maximum Gasteiger partial charge on any atom is 0.360 e. The van der Waals surface area contributed by atoms with Gasteiger partial charge in [-0.2, -0.15) is 0 Å². The van der Waals surface area contributed by atoms with Gasteiger partial charge in [-0.05, 0) is 37.6 Å². The van der Waals surface area contributed by atoms with Gasteiger partial charge in [-0.3, -0.25) is 0 Å². The number of methoxy groups -OCH3 is 1. The van der Waals surface area contributed by atoms with Crippen LogP contribution in [0.1, 0.15) is 23.0 Å². The van der Waals surface area contributed by atoms with Crippen LogP contribution < -0.4 is 4.74 Å². The Morgan fingerprint density at radius 2 is 2.21 bits per heavy atom. The molecule has 1 heterocycles. The van der Waals surface area contributed by atoms with Gasteiger partial charge >= 0.3 is 5.97 Å². The standard InChI is InChI=1S/C13H15N3O3/c1-4-19-13(17)11-8-16(15-14-11)12-6-5-10(18-3)7-9(12)2/h5-8H,4H2,1-3H3. The second kappa shape index (κ2) is 5.51. The van der Waals surface area contributed by atoms with Gasteiger partial charge < -0.3 is 9.47 Å². The van der Waals surface area contributed by atoms with E-state index in [9.17, 15) is 4.79 Å². The number of esters is 1. The van der Waals surface area contributed by atoms with Gasteiger partial charge in [0.15, 0.2) is 5.69 Å². The third kappa shape index (κ3) is 2.73. The SMILES string of the molecule is CCOC(=O)c1cn(-c2ccc(OC)cc2C)nn1. The van der Waals surface area contributed by atoms with Gasteiger partial charge in [-0.15, -0.1) is 5.10 Å². The first-order valence-corrected chi connectivity index (χ1v) is 5.90. The normalized spacial score (nSPS) is 10.3. The minimum Gasteiger partial charge on any atom is -0.497 e. The fourth-order valence-electron chi connectivity index (χ4n) is 1.69. The minimum atomic E-state index is -0.472. The molecule has 0 radical (unpaired) electrons. The molecule has 0 aliphatic carbocycles. The zero-order valence-electron chi connectivity index (χ0n) is 11.1. The maximum atomic E-state index is 11.5. The molecule has 0 fully saturated rings. The summed E-state index contributed by atoms with van der Waals surface area (Å²) in [6.07, 6.45) is 1.55. The van der Waals surface area contributed by atoms with Crippen molar-refractivity contribution in [3.05, 3.63) is 35.7 Å². The summed E-state index contributed by atoms with van der Waals surface area (Å²) in [5.41, 5.74) is 2.00. The first-order valence-electron chi connectivity index (χ1n) is 5.90. The molecule has 100 valence electrons. The topological polar surface area (TPSA) is 66.2 Å². The highest BCUT2D eigenvalue weighted by atomic mass is 16.5. The summed E-state index contributed by atoms with van der Waals surface area (Å²) in [6.45, 7) is 3.99. The van der Waals surface area contributed by atoms with Crippen LogP contribution in [-0.2, 0) is 4.74 Å². The molecule has 0 amide bonds. The smallest absolute Gasteiger partial charge is 0.360 e. The van der Waals surface area contributed by atoms with E-state index in [4.69, 9.17) is 9.47 Å². The van der Waals surface area contributed by atoms with E-state index in [1.165, 1.54) is 0 Å². The second-order valence-corrected chi connectivity index (χ2v) is 3.92. The van der Waals surface area contributed by atoms with Crippen LogP contribution in [0.5, 0.6) is 5.75 Å². The van der Waals surface area contributed by atoms with Crippen LogP contribution in [0.15, 0.2) is 24.4 Å². The summed E-state index contributed by atoms with van der Waals surface area (Å²) in [6, 6.07) is 5.58. The fourth-order valence-corrected chi connectivity index (χ4v) is 1.69. The first kappa shape index (κ1) is 13.1. The van der Waals surface area contributed by atoms with E-state index in [0.717, 1.165) is 17.0 Å². The van der Waals surface area contributed by atoms with Crippen molar-refractivity contribution in [2.75, 3.05) is 13.7 Å². The number of nitrogens with zero attached hydrogens (tertiary/aromatic N) is 3. The molecule has 0 atom stereocenters. The van der Waals surface area contributed by atoms with Gasteiger partial charge in [0.2, 0.25) is 0 Å². The van der Waals surface area contributed by atoms with Gasteiger partial charge in [0.05, 0.1) is 25.6 Å². The third-order valence-corrected chi connectivity index (χ3v) is 2.63. The predicted molar refractivity (Wildman–Crippen MR) is 68.6 cm³/mol. The van der Waals surface area contributed by atoms with Gasteiger partial charge in [0, 0.05) is 0 Å². The molecule has 0 aliphatic rings. The van der Waals surface area contributed by atoms with Crippen LogP contribution in [0.3, 0.4) is 0 Å². The average molecular weight is 261 g/mol. The van der Waals surface area contributed by atoms with Crippen LogP contribution in [0.25, 0.3) is 5.69 Å². The molecule has 0 unspecified atom stereocenters. The highest BCUT2D eigenvalue weighted by Gasteiger charge is 2.13. The molecular weight excluding hydrogens is 246 g/mol. The number of hydrogen-bond donors (Lipinski definition) is 0. The van der Waals surface area contributed by atoms with Crippen LogP contribution in [0.2, 0.25) is 0 Å². The highest BCUT2D eigenvalue weighted by molar-refractivity contribution is 5.86. The van der Waals surface area contributed by atoms with E-state index in [2.05, 4.69) is 10.3 Å². The summed E-state index contributed by atoms with van der Waals surface area (Å²) >= 11 is 0. The number of ether oxygens (including phenoxy) is 2. The van der Waals surface area contributed by atoms with Gasteiger partial charge in [0.25, 0.3) is 0 Å². The van der Waals surface area contributed by atoms with Gasteiger partial charge in [-0.25, -0.2) is 9.48 Å². The number of carbonyl (C=O) groups excluding carboxylic acids is 1. The molecule has 6 nitrogen and oxygen atoms in total. The summed E-state index contributed by atoms with van der Waals surface area (Å²) in [5.74, 6) is 0.298. The van der Waals surface area contributed by atoms with Gasteiger partial charge in [-0.1, -0.05) is 5.21 Å². The zero-order valence-corrected chi connectivity index (χ0v) is 11.1. The van der Waals surface area contributed by atoms with Crippen LogP contribution in [0, 0.1) is 6.92 Å². The monoisotopic (exact) mass is 261 g/mol. The lowest BCUT2D eigenvalue weighted by Gasteiger charge is -2.06. The molecule has 0 saturated heterocycles. The van der Waals surface area contributed by atoms with E-state index in [0.29, 0.717) is 6.61 Å². The predicted octanol–water partition coefficient (Wildman–Crippen LogP) is 1.76. The summed E-state index contributed by atoms with van der Waals surface area (Å²) in [5, 5.41) is 7.73.